The van der Waals surface area contributed by atoms with Gasteiger partial charge in [-0.15, -0.1) is 23.9 Å². The number of hydrogen-bond acceptors (Lipinski definition) is 4. The van der Waals surface area contributed by atoms with Gasteiger partial charge in [0, 0.05) is 41.8 Å². The molecule has 6 heteroatoms. The molecule has 0 unspecified atom stereocenters. The average molecular weight is 393 g/mol. The number of unbranched alkanes of at least 4 members (excludes halogenated alkanes) is 1. The standard InChI is InChI=1S/C18H29ClN4O.C3H4/c1-3-17(15-14-21-22-16(15)6-10-19)23-11-8-18(20-2,9-12-23)7-4-5-13-24;1-3-2/h6,13-14,20,22H,3-5,7-12H2,1-2H3;1H,2H3/b16-6+,17-15+;. The number of carbonyl (C=O) groups excluding carboxylic acids is 1. The monoisotopic (exact) mass is 392 g/mol. The van der Waals surface area contributed by atoms with Gasteiger partial charge in [-0.1, -0.05) is 6.92 Å². The lowest BCUT2D eigenvalue weighted by molar-refractivity contribution is -0.108. The predicted octanol–water partition coefficient (Wildman–Crippen LogP) is 2.01. The Morgan fingerprint density at radius 1 is 1.52 bits per heavy atom. The van der Waals surface area contributed by atoms with Crippen molar-refractivity contribution in [3.63, 3.8) is 0 Å². The minimum absolute atomic E-state index is 0.167. The van der Waals surface area contributed by atoms with Gasteiger partial charge in [-0.25, -0.2) is 0 Å². The van der Waals surface area contributed by atoms with E-state index in [0.29, 0.717) is 12.3 Å². The number of likely N-dealkylation sites (tertiary alicyclic amines) is 1. The molecule has 2 N–H and O–H groups in total. The minimum Gasteiger partial charge on any atom is -0.374 e. The average Bonchev–Trinajstić information content (AvgIpc) is 3.13. The molecule has 1 aliphatic rings. The van der Waals surface area contributed by atoms with E-state index in [1.165, 1.54) is 5.70 Å². The van der Waals surface area contributed by atoms with Crippen LogP contribution in [0.5, 0.6) is 0 Å². The Labute approximate surface area is 168 Å². The molecule has 1 fully saturated rings. The quantitative estimate of drug-likeness (QED) is 0.307. The van der Waals surface area contributed by atoms with Crippen molar-refractivity contribution in [2.24, 2.45) is 0 Å². The molecule has 0 atom stereocenters. The summed E-state index contributed by atoms with van der Waals surface area (Å²) in [5, 5.41) is 12.9. The van der Waals surface area contributed by atoms with Crippen molar-refractivity contribution in [1.29, 1.82) is 0 Å². The summed E-state index contributed by atoms with van der Waals surface area (Å²) in [6.07, 6.45) is 15.3. The van der Waals surface area contributed by atoms with Crippen LogP contribution in [0.1, 0.15) is 52.4 Å². The third kappa shape index (κ3) is 6.71. The first-order chi connectivity index (χ1) is 13.1. The number of piperidine rings is 1. The summed E-state index contributed by atoms with van der Waals surface area (Å²) in [5.74, 6) is 2.73. The first kappa shape index (κ1) is 23.3. The molecule has 0 saturated carbocycles. The number of hydrogen-bond donors (Lipinski definition) is 2. The Kier molecular flexibility index (Phi) is 10.8. The summed E-state index contributed by atoms with van der Waals surface area (Å²) in [6.45, 7) is 5.89. The fraction of sp³-hybridized carbons (Fsp3) is 0.619. The van der Waals surface area contributed by atoms with E-state index in [1.54, 1.807) is 6.92 Å². The summed E-state index contributed by atoms with van der Waals surface area (Å²) in [5.41, 5.74) is 1.50. The molecule has 150 valence electrons. The van der Waals surface area contributed by atoms with Crippen LogP contribution < -0.4 is 15.9 Å². The van der Waals surface area contributed by atoms with E-state index in [2.05, 4.69) is 39.7 Å². The van der Waals surface area contributed by atoms with E-state index in [9.17, 15) is 4.79 Å². The Morgan fingerprint density at radius 3 is 2.70 bits per heavy atom. The molecule has 0 aliphatic carbocycles. The molecule has 1 aliphatic heterocycles. The number of aromatic nitrogens is 2. The van der Waals surface area contributed by atoms with E-state index < -0.39 is 0 Å². The van der Waals surface area contributed by atoms with Crippen LogP contribution in [-0.4, -0.2) is 52.9 Å². The molecule has 1 aromatic rings. The molecule has 1 saturated heterocycles. The van der Waals surface area contributed by atoms with Gasteiger partial charge in [0.05, 0.1) is 11.5 Å². The van der Waals surface area contributed by atoms with Gasteiger partial charge >= 0.3 is 0 Å². The first-order valence-electron chi connectivity index (χ1n) is 9.64. The Bertz CT molecular complexity index is 711. The van der Waals surface area contributed by atoms with Crippen LogP contribution in [0.3, 0.4) is 0 Å². The molecule has 0 bridgehead atoms. The molecule has 0 aromatic carbocycles. The highest BCUT2D eigenvalue weighted by atomic mass is 35.5. The van der Waals surface area contributed by atoms with Crippen molar-refractivity contribution in [1.82, 2.24) is 20.4 Å². The lowest BCUT2D eigenvalue weighted by Gasteiger charge is -2.43. The van der Waals surface area contributed by atoms with Gasteiger partial charge in [-0.3, -0.25) is 5.10 Å². The largest absolute Gasteiger partial charge is 0.374 e. The number of carbonyl (C=O) groups is 1. The molecule has 0 radical (unpaired) electrons. The number of rotatable bonds is 8. The highest BCUT2D eigenvalue weighted by molar-refractivity contribution is 6.20. The fourth-order valence-electron chi connectivity index (χ4n) is 3.70. The summed E-state index contributed by atoms with van der Waals surface area (Å²) in [6, 6.07) is 0. The van der Waals surface area contributed by atoms with Gasteiger partial charge in [-0.2, -0.15) is 5.10 Å². The highest BCUT2D eigenvalue weighted by Gasteiger charge is 2.32. The Hall–Kier alpha value is -1.77. The van der Waals surface area contributed by atoms with Crippen molar-refractivity contribution in [2.75, 3.05) is 26.0 Å². The van der Waals surface area contributed by atoms with Crippen LogP contribution in [0, 0.1) is 12.3 Å². The molecular formula is C21H33ClN4O. The zero-order valence-corrected chi connectivity index (χ0v) is 17.6. The zero-order valence-electron chi connectivity index (χ0n) is 16.9. The Balaban J connectivity index is 0.00000114. The second-order valence-corrected chi connectivity index (χ2v) is 7.03. The van der Waals surface area contributed by atoms with E-state index in [1.807, 2.05) is 19.3 Å². The summed E-state index contributed by atoms with van der Waals surface area (Å²) >= 11 is 5.86. The van der Waals surface area contributed by atoms with Crippen molar-refractivity contribution >= 4 is 29.7 Å². The van der Waals surface area contributed by atoms with Gasteiger partial charge in [-0.05, 0) is 52.2 Å². The predicted molar refractivity (Wildman–Crippen MR) is 114 cm³/mol. The van der Waals surface area contributed by atoms with Crippen LogP contribution in [0.25, 0.3) is 11.8 Å². The Morgan fingerprint density at radius 2 is 2.19 bits per heavy atom. The highest BCUT2D eigenvalue weighted by Crippen LogP contribution is 2.29. The molecular weight excluding hydrogens is 360 g/mol. The number of aromatic amines is 1. The first-order valence-corrected chi connectivity index (χ1v) is 10.2. The second kappa shape index (κ2) is 12.6. The maximum atomic E-state index is 10.6. The summed E-state index contributed by atoms with van der Waals surface area (Å²) < 4.78 is 0. The van der Waals surface area contributed by atoms with Gasteiger partial charge in [0.25, 0.3) is 0 Å². The SMILES string of the molecule is C#CC.CC/C(=c1/cn[nH]/c1=C/CCl)N1CCC(CCCC=O)(NC)CC1. The number of halogens is 1. The lowest BCUT2D eigenvalue weighted by atomic mass is 9.82. The number of nitrogens with zero attached hydrogens (tertiary/aromatic N) is 2. The molecule has 1 aromatic heterocycles. The smallest absolute Gasteiger partial charge is 0.119 e. The molecule has 0 spiro atoms. The summed E-state index contributed by atoms with van der Waals surface area (Å²) in [7, 11) is 2.05. The molecule has 2 heterocycles. The number of terminal acetylenes is 1. The van der Waals surface area contributed by atoms with Crippen LogP contribution in [0.15, 0.2) is 6.20 Å². The number of nitrogens with one attached hydrogen (secondary N) is 2. The van der Waals surface area contributed by atoms with Crippen molar-refractivity contribution in [3.8, 4) is 12.3 Å². The van der Waals surface area contributed by atoms with Crippen molar-refractivity contribution < 1.29 is 4.79 Å². The van der Waals surface area contributed by atoms with E-state index >= 15 is 0 Å². The maximum Gasteiger partial charge on any atom is 0.119 e. The number of H-pyrrole nitrogens is 1. The minimum atomic E-state index is 0.167. The third-order valence-electron chi connectivity index (χ3n) is 5.21. The summed E-state index contributed by atoms with van der Waals surface area (Å²) in [4.78, 5) is 13.1. The zero-order chi connectivity index (χ0) is 20.1. The normalized spacial score (nSPS) is 17.6. The van der Waals surface area contributed by atoms with E-state index in [-0.39, 0.29) is 5.54 Å². The van der Waals surface area contributed by atoms with E-state index in [0.717, 1.165) is 62.0 Å². The van der Waals surface area contributed by atoms with Crippen LogP contribution >= 0.6 is 11.6 Å². The van der Waals surface area contributed by atoms with Crippen LogP contribution in [0.2, 0.25) is 0 Å². The van der Waals surface area contributed by atoms with Crippen LogP contribution in [0.4, 0.5) is 0 Å². The van der Waals surface area contributed by atoms with E-state index in [4.69, 9.17) is 11.6 Å². The topological polar surface area (TPSA) is 61.0 Å². The number of alkyl halides is 1. The van der Waals surface area contributed by atoms with Gasteiger partial charge in [0.2, 0.25) is 0 Å². The van der Waals surface area contributed by atoms with Crippen molar-refractivity contribution in [2.45, 2.75) is 57.9 Å². The lowest BCUT2D eigenvalue weighted by Crippen LogP contribution is -2.52. The maximum absolute atomic E-state index is 10.6. The number of aldehydes is 1. The van der Waals surface area contributed by atoms with Gasteiger partial charge in [0.15, 0.2) is 0 Å². The third-order valence-corrected chi connectivity index (χ3v) is 5.36. The van der Waals surface area contributed by atoms with Gasteiger partial charge in [0.1, 0.15) is 6.29 Å². The van der Waals surface area contributed by atoms with Crippen molar-refractivity contribution in [3.05, 3.63) is 16.8 Å². The molecule has 27 heavy (non-hydrogen) atoms. The molecule has 2 rings (SSSR count). The fourth-order valence-corrected chi connectivity index (χ4v) is 3.85. The molecule has 5 nitrogen and oxygen atoms in total. The molecule has 0 amide bonds. The second-order valence-electron chi connectivity index (χ2n) is 6.72. The van der Waals surface area contributed by atoms with Gasteiger partial charge < -0.3 is 15.0 Å². The van der Waals surface area contributed by atoms with Crippen LogP contribution in [-0.2, 0) is 4.79 Å².